The number of nitro groups is 1. The van der Waals surface area contributed by atoms with Crippen molar-refractivity contribution in [1.82, 2.24) is 4.90 Å². The normalized spacial score (nSPS) is 16.1. The van der Waals surface area contributed by atoms with Gasteiger partial charge in [0, 0.05) is 12.1 Å². The molecule has 0 bridgehead atoms. The van der Waals surface area contributed by atoms with Gasteiger partial charge in [-0.3, -0.25) is 19.8 Å². The smallest absolute Gasteiger partial charge is 0.293 e. The van der Waals surface area contributed by atoms with E-state index in [0.717, 1.165) is 30.4 Å². The Balaban J connectivity index is 1.74. The molecule has 6 nitrogen and oxygen atoms in total. The maximum atomic E-state index is 12.6. The van der Waals surface area contributed by atoms with Gasteiger partial charge in [0.1, 0.15) is 5.69 Å². The van der Waals surface area contributed by atoms with Crippen molar-refractivity contribution in [3.63, 3.8) is 0 Å². The van der Waals surface area contributed by atoms with Crippen molar-refractivity contribution in [3.8, 4) is 0 Å². The van der Waals surface area contributed by atoms with Crippen LogP contribution < -0.4 is 5.32 Å². The Bertz CT molecular complexity index is 879. The number of nitrogens with zero attached hydrogens (tertiary/aromatic N) is 2. The molecule has 2 aromatic carbocycles. The Morgan fingerprint density at radius 1 is 1.26 bits per heavy atom. The van der Waals surface area contributed by atoms with Crippen LogP contribution in [0, 0.1) is 24.0 Å². The number of nitro benzene ring substituents is 1. The molecule has 0 saturated carbocycles. The highest BCUT2D eigenvalue weighted by Gasteiger charge is 2.25. The van der Waals surface area contributed by atoms with Gasteiger partial charge < -0.3 is 5.32 Å². The monoisotopic (exact) mass is 367 g/mol. The summed E-state index contributed by atoms with van der Waals surface area (Å²) in [6, 6.07) is 11.7. The minimum Gasteiger partial charge on any atom is -0.319 e. The highest BCUT2D eigenvalue weighted by molar-refractivity contribution is 5.94. The fourth-order valence-electron chi connectivity index (χ4n) is 3.76. The largest absolute Gasteiger partial charge is 0.319 e. The molecule has 142 valence electrons. The molecule has 1 aliphatic carbocycles. The van der Waals surface area contributed by atoms with Crippen LogP contribution in [0.1, 0.15) is 41.1 Å². The lowest BCUT2D eigenvalue weighted by Crippen LogP contribution is -2.35. The lowest BCUT2D eigenvalue weighted by atomic mass is 9.87. The summed E-state index contributed by atoms with van der Waals surface area (Å²) < 4.78 is 0. The van der Waals surface area contributed by atoms with Crippen molar-refractivity contribution in [3.05, 3.63) is 68.8 Å². The minimum atomic E-state index is -0.455. The minimum absolute atomic E-state index is 0.0721. The molecule has 27 heavy (non-hydrogen) atoms. The lowest BCUT2D eigenvalue weighted by molar-refractivity contribution is -0.384. The molecule has 1 atom stereocenters. The van der Waals surface area contributed by atoms with Crippen molar-refractivity contribution in [2.24, 2.45) is 0 Å². The van der Waals surface area contributed by atoms with Crippen LogP contribution in [0.4, 0.5) is 11.4 Å². The van der Waals surface area contributed by atoms with E-state index in [1.165, 1.54) is 17.2 Å². The molecule has 6 heteroatoms. The van der Waals surface area contributed by atoms with Crippen molar-refractivity contribution >= 4 is 17.3 Å². The van der Waals surface area contributed by atoms with Crippen molar-refractivity contribution in [2.45, 2.75) is 39.2 Å². The average Bonchev–Trinajstić information content (AvgIpc) is 2.63. The van der Waals surface area contributed by atoms with E-state index in [-0.39, 0.29) is 29.9 Å². The molecule has 1 aliphatic rings. The first-order valence-electron chi connectivity index (χ1n) is 9.20. The summed E-state index contributed by atoms with van der Waals surface area (Å²) in [6.45, 7) is 3.88. The number of aryl methyl sites for hydroxylation is 3. The second kappa shape index (κ2) is 7.88. The molecule has 1 amide bonds. The summed E-state index contributed by atoms with van der Waals surface area (Å²) in [4.78, 5) is 25.5. The topological polar surface area (TPSA) is 75.5 Å². The zero-order valence-corrected chi connectivity index (χ0v) is 16.0. The number of nitrogens with one attached hydrogen (secondary N) is 1. The Kier molecular flexibility index (Phi) is 5.56. The third-order valence-electron chi connectivity index (χ3n) is 5.35. The number of fused-ring (bicyclic) bond motifs is 1. The second-order valence-electron chi connectivity index (χ2n) is 7.28. The van der Waals surface area contributed by atoms with Gasteiger partial charge in [-0.25, -0.2) is 0 Å². The zero-order chi connectivity index (χ0) is 19.6. The first-order valence-corrected chi connectivity index (χ1v) is 9.20. The van der Waals surface area contributed by atoms with E-state index < -0.39 is 4.92 Å². The fraction of sp³-hybridized carbons (Fsp3) is 0.381. The van der Waals surface area contributed by atoms with Crippen LogP contribution in [0.2, 0.25) is 0 Å². The highest BCUT2D eigenvalue weighted by atomic mass is 16.6. The second-order valence-corrected chi connectivity index (χ2v) is 7.28. The van der Waals surface area contributed by atoms with Gasteiger partial charge in [-0.1, -0.05) is 24.3 Å². The number of benzene rings is 2. The van der Waals surface area contributed by atoms with Gasteiger partial charge in [0.25, 0.3) is 5.69 Å². The van der Waals surface area contributed by atoms with Crippen LogP contribution in [0.15, 0.2) is 36.4 Å². The predicted octanol–water partition coefficient (Wildman–Crippen LogP) is 4.16. The summed E-state index contributed by atoms with van der Waals surface area (Å²) in [5.41, 5.74) is 4.53. The van der Waals surface area contributed by atoms with Gasteiger partial charge in [0.05, 0.1) is 11.5 Å². The van der Waals surface area contributed by atoms with Crippen molar-refractivity contribution in [1.29, 1.82) is 0 Å². The molecule has 0 spiro atoms. The van der Waals surface area contributed by atoms with E-state index in [1.54, 1.807) is 6.07 Å². The SMILES string of the molecule is Cc1cc(NC(=O)CN(C)[C@@H]2CCCc3ccccc32)c([N+](=O)[O-])cc1C. The van der Waals surface area contributed by atoms with E-state index in [1.807, 2.05) is 37.9 Å². The maximum absolute atomic E-state index is 12.6. The molecule has 0 radical (unpaired) electrons. The molecule has 1 N–H and O–H groups in total. The number of hydrogen-bond donors (Lipinski definition) is 1. The number of anilines is 1. The van der Waals surface area contributed by atoms with E-state index in [9.17, 15) is 14.9 Å². The number of carbonyl (C=O) groups excluding carboxylic acids is 1. The van der Waals surface area contributed by atoms with Gasteiger partial charge in [-0.2, -0.15) is 0 Å². The third kappa shape index (κ3) is 4.17. The summed E-state index contributed by atoms with van der Waals surface area (Å²) in [6.07, 6.45) is 3.17. The third-order valence-corrected chi connectivity index (χ3v) is 5.35. The average molecular weight is 367 g/mol. The van der Waals surface area contributed by atoms with Crippen LogP contribution in [-0.4, -0.2) is 29.3 Å². The number of rotatable bonds is 5. The molecule has 0 aromatic heterocycles. The number of hydrogen-bond acceptors (Lipinski definition) is 4. The standard InChI is InChI=1S/C21H25N3O3/c1-14-11-18(20(24(26)27)12-15(14)2)22-21(25)13-23(3)19-10-6-8-16-7-4-5-9-17(16)19/h4-5,7,9,11-12,19H,6,8,10,13H2,1-3H3,(H,22,25)/t19-/m1/s1. The van der Waals surface area contributed by atoms with E-state index in [2.05, 4.69) is 17.4 Å². The van der Waals surface area contributed by atoms with Gasteiger partial charge in [0.2, 0.25) is 5.91 Å². The quantitative estimate of drug-likeness (QED) is 0.636. The zero-order valence-electron chi connectivity index (χ0n) is 16.0. The van der Waals surface area contributed by atoms with E-state index in [4.69, 9.17) is 0 Å². The maximum Gasteiger partial charge on any atom is 0.293 e. The molecule has 0 saturated heterocycles. The first kappa shape index (κ1) is 19.0. The van der Waals surface area contributed by atoms with E-state index in [0.29, 0.717) is 0 Å². The first-order chi connectivity index (χ1) is 12.9. The Hall–Kier alpha value is -2.73. The van der Waals surface area contributed by atoms with Crippen LogP contribution in [0.25, 0.3) is 0 Å². The summed E-state index contributed by atoms with van der Waals surface area (Å²) in [5, 5.41) is 14.0. The lowest BCUT2D eigenvalue weighted by Gasteiger charge is -2.32. The Morgan fingerprint density at radius 3 is 2.70 bits per heavy atom. The van der Waals surface area contributed by atoms with Gasteiger partial charge in [0.15, 0.2) is 0 Å². The van der Waals surface area contributed by atoms with Gasteiger partial charge in [-0.15, -0.1) is 0 Å². The summed E-state index contributed by atoms with van der Waals surface area (Å²) in [7, 11) is 1.93. The van der Waals surface area contributed by atoms with Gasteiger partial charge >= 0.3 is 0 Å². The molecular weight excluding hydrogens is 342 g/mol. The Labute approximate surface area is 159 Å². The summed E-state index contributed by atoms with van der Waals surface area (Å²) in [5.74, 6) is -0.244. The van der Waals surface area contributed by atoms with Crippen LogP contribution in [-0.2, 0) is 11.2 Å². The highest BCUT2D eigenvalue weighted by Crippen LogP contribution is 2.33. The summed E-state index contributed by atoms with van der Waals surface area (Å²) >= 11 is 0. The fourth-order valence-corrected chi connectivity index (χ4v) is 3.76. The van der Waals surface area contributed by atoms with Crippen LogP contribution in [0.5, 0.6) is 0 Å². The van der Waals surface area contributed by atoms with Gasteiger partial charge in [-0.05, 0) is 68.5 Å². The molecule has 0 unspecified atom stereocenters. The molecular formula is C21H25N3O3. The molecule has 2 aromatic rings. The molecule has 3 rings (SSSR count). The molecule has 0 aliphatic heterocycles. The molecule has 0 fully saturated rings. The van der Waals surface area contributed by atoms with Crippen LogP contribution in [0.3, 0.4) is 0 Å². The predicted molar refractivity (Wildman–Crippen MR) is 106 cm³/mol. The Morgan fingerprint density at radius 2 is 1.96 bits per heavy atom. The van der Waals surface area contributed by atoms with Crippen LogP contribution >= 0.6 is 0 Å². The van der Waals surface area contributed by atoms with Crippen molar-refractivity contribution in [2.75, 3.05) is 18.9 Å². The molecule has 0 heterocycles. The van der Waals surface area contributed by atoms with E-state index >= 15 is 0 Å². The number of carbonyl (C=O) groups is 1. The number of likely N-dealkylation sites (N-methyl/N-ethyl adjacent to an activating group) is 1. The van der Waals surface area contributed by atoms with Crippen molar-refractivity contribution < 1.29 is 9.72 Å². The number of amides is 1.